The van der Waals surface area contributed by atoms with Crippen LogP contribution in [0, 0.1) is 0 Å². The fourth-order valence-electron chi connectivity index (χ4n) is 3.48. The number of hydrogen-bond donors (Lipinski definition) is 0. The molecule has 0 N–H and O–H groups in total. The monoisotopic (exact) mass is 475 g/mol. The number of nitrogens with zero attached hydrogens (tertiary/aromatic N) is 3. The molecule has 170 valence electrons. The third kappa shape index (κ3) is 4.19. The topological polar surface area (TPSA) is 87.7 Å². The van der Waals surface area contributed by atoms with Crippen LogP contribution in [0.2, 0.25) is 0 Å². The minimum atomic E-state index is -5.53. The third-order valence-corrected chi connectivity index (χ3v) is 6.61. The highest BCUT2D eigenvalue weighted by atomic mass is 32.2. The summed E-state index contributed by atoms with van der Waals surface area (Å²) in [7, 11) is -5.53. The van der Waals surface area contributed by atoms with Gasteiger partial charge >= 0.3 is 11.5 Å². The van der Waals surface area contributed by atoms with Crippen molar-refractivity contribution in [1.29, 1.82) is 0 Å². The molecule has 0 spiro atoms. The minimum absolute atomic E-state index is 0.0216. The lowest BCUT2D eigenvalue weighted by Gasteiger charge is -2.19. The van der Waals surface area contributed by atoms with E-state index in [0.29, 0.717) is 0 Å². The fraction of sp³-hybridized carbons (Fsp3) is 0.136. The second-order valence-electron chi connectivity index (χ2n) is 7.21. The summed E-state index contributed by atoms with van der Waals surface area (Å²) in [5.74, 6) is -0.582. The van der Waals surface area contributed by atoms with Crippen LogP contribution in [0.15, 0.2) is 78.0 Å². The lowest BCUT2D eigenvalue weighted by atomic mass is 10.0. The number of carbonyl (C=O) groups is 2. The first-order valence-corrected chi connectivity index (χ1v) is 11.1. The number of halogens is 3. The summed E-state index contributed by atoms with van der Waals surface area (Å²) in [6, 6.07) is 13.9. The first-order valence-electron chi connectivity index (χ1n) is 9.61. The zero-order valence-corrected chi connectivity index (χ0v) is 17.7. The Bertz CT molecular complexity index is 1310. The van der Waals surface area contributed by atoms with Crippen LogP contribution in [0.4, 0.5) is 23.7 Å². The molecule has 11 heteroatoms. The Labute approximate surface area is 187 Å². The average molecular weight is 475 g/mol. The van der Waals surface area contributed by atoms with Crippen molar-refractivity contribution in [3.8, 4) is 11.1 Å². The number of sulfone groups is 1. The molecule has 0 bridgehead atoms. The van der Waals surface area contributed by atoms with Crippen LogP contribution in [0.5, 0.6) is 0 Å². The molecular weight excluding hydrogens is 459 g/mol. The van der Waals surface area contributed by atoms with Crippen molar-refractivity contribution in [3.05, 3.63) is 78.6 Å². The summed E-state index contributed by atoms with van der Waals surface area (Å²) < 4.78 is 61.3. The summed E-state index contributed by atoms with van der Waals surface area (Å²) in [6.45, 7) is -0.133. The van der Waals surface area contributed by atoms with Crippen molar-refractivity contribution in [3.63, 3.8) is 0 Å². The number of pyridine rings is 1. The number of alkyl halides is 3. The molecule has 3 amide bonds. The molecular formula is C22H16F3N3O4S. The Balaban J connectivity index is 1.58. The number of hydrogen-bond acceptors (Lipinski definition) is 5. The Morgan fingerprint density at radius 1 is 0.939 bits per heavy atom. The molecule has 4 rings (SSSR count). The summed E-state index contributed by atoms with van der Waals surface area (Å²) in [6.07, 6.45) is 3.23. The van der Waals surface area contributed by atoms with Gasteiger partial charge in [-0.25, -0.2) is 18.1 Å². The number of rotatable bonds is 5. The maximum Gasteiger partial charge on any atom is 0.501 e. The van der Waals surface area contributed by atoms with Crippen LogP contribution in [0.1, 0.15) is 5.56 Å². The summed E-state index contributed by atoms with van der Waals surface area (Å²) in [5.41, 5.74) is -3.04. The number of urea groups is 1. The molecule has 1 fully saturated rings. The molecule has 3 aromatic rings. The zero-order valence-electron chi connectivity index (χ0n) is 16.9. The van der Waals surface area contributed by atoms with Gasteiger partial charge in [-0.15, -0.1) is 0 Å². The van der Waals surface area contributed by atoms with Gasteiger partial charge in [0.05, 0.1) is 10.6 Å². The highest BCUT2D eigenvalue weighted by molar-refractivity contribution is 7.92. The quantitative estimate of drug-likeness (QED) is 0.521. The van der Waals surface area contributed by atoms with Gasteiger partial charge < -0.3 is 4.90 Å². The standard InChI is InChI=1S/C22H16F3N3O4S/c23-22(24,25)33(31,32)18-8-6-17(7-9-18)28-20(29)14-27(21(28)30)13-16-10-11-26-12-19(16)15-4-2-1-3-5-15/h1-12H,13-14H2. The number of carbonyl (C=O) groups excluding carboxylic acids is 2. The molecule has 2 heterocycles. The van der Waals surface area contributed by atoms with E-state index < -0.39 is 32.2 Å². The predicted octanol–water partition coefficient (Wildman–Crippen LogP) is 4.01. The van der Waals surface area contributed by atoms with Crippen molar-refractivity contribution in [1.82, 2.24) is 9.88 Å². The SMILES string of the molecule is O=C1CN(Cc2ccncc2-c2ccccc2)C(=O)N1c1ccc(S(=O)(=O)C(F)(F)F)cc1. The van der Waals surface area contributed by atoms with Crippen LogP contribution in [-0.2, 0) is 21.2 Å². The number of aromatic nitrogens is 1. The van der Waals surface area contributed by atoms with Gasteiger partial charge in [0.25, 0.3) is 15.7 Å². The van der Waals surface area contributed by atoms with E-state index >= 15 is 0 Å². The van der Waals surface area contributed by atoms with Crippen LogP contribution in [-0.4, -0.2) is 42.3 Å². The Hall–Kier alpha value is -3.73. The molecule has 0 saturated carbocycles. The van der Waals surface area contributed by atoms with E-state index in [1.165, 1.54) is 4.90 Å². The molecule has 0 unspecified atom stereocenters. The smallest absolute Gasteiger partial charge is 0.310 e. The van der Waals surface area contributed by atoms with Gasteiger partial charge in [0.15, 0.2) is 0 Å². The van der Waals surface area contributed by atoms with E-state index in [1.807, 2.05) is 30.3 Å². The van der Waals surface area contributed by atoms with E-state index in [-0.39, 0.29) is 18.8 Å². The largest absolute Gasteiger partial charge is 0.501 e. The molecule has 0 radical (unpaired) electrons. The number of amides is 3. The van der Waals surface area contributed by atoms with Crippen molar-refractivity contribution in [2.75, 3.05) is 11.4 Å². The van der Waals surface area contributed by atoms with Gasteiger partial charge in [-0.3, -0.25) is 9.78 Å². The van der Waals surface area contributed by atoms with Gasteiger partial charge in [0.2, 0.25) is 0 Å². The molecule has 2 aromatic carbocycles. The van der Waals surface area contributed by atoms with Crippen LogP contribution < -0.4 is 4.90 Å². The molecule has 7 nitrogen and oxygen atoms in total. The van der Waals surface area contributed by atoms with Crippen molar-refractivity contribution in [2.24, 2.45) is 0 Å². The molecule has 0 aliphatic carbocycles. The second-order valence-corrected chi connectivity index (χ2v) is 9.15. The molecule has 1 aliphatic rings. The van der Waals surface area contributed by atoms with Gasteiger partial charge in [0, 0.05) is 24.5 Å². The van der Waals surface area contributed by atoms with E-state index in [1.54, 1.807) is 18.5 Å². The lowest BCUT2D eigenvalue weighted by Crippen LogP contribution is -2.33. The van der Waals surface area contributed by atoms with Gasteiger partial charge in [-0.05, 0) is 41.5 Å². The number of benzene rings is 2. The van der Waals surface area contributed by atoms with Gasteiger partial charge in [-0.2, -0.15) is 13.2 Å². The predicted molar refractivity (Wildman–Crippen MR) is 113 cm³/mol. The third-order valence-electron chi connectivity index (χ3n) is 5.10. The molecule has 1 aliphatic heterocycles. The van der Waals surface area contributed by atoms with Crippen molar-refractivity contribution < 1.29 is 31.2 Å². The number of imide groups is 1. The highest BCUT2D eigenvalue weighted by Gasteiger charge is 2.47. The van der Waals surface area contributed by atoms with Crippen LogP contribution >= 0.6 is 0 Å². The Morgan fingerprint density at radius 2 is 1.61 bits per heavy atom. The van der Waals surface area contributed by atoms with Gasteiger partial charge in [0.1, 0.15) is 6.54 Å². The first-order chi connectivity index (χ1) is 15.6. The van der Waals surface area contributed by atoms with E-state index in [9.17, 15) is 31.2 Å². The van der Waals surface area contributed by atoms with E-state index in [2.05, 4.69) is 4.98 Å². The average Bonchev–Trinajstić information content (AvgIpc) is 3.07. The summed E-state index contributed by atoms with van der Waals surface area (Å²) in [4.78, 5) is 30.7. The van der Waals surface area contributed by atoms with Crippen molar-refractivity contribution in [2.45, 2.75) is 16.9 Å². The molecule has 33 heavy (non-hydrogen) atoms. The Kier molecular flexibility index (Phi) is 5.66. The second kappa shape index (κ2) is 8.32. The van der Waals surface area contributed by atoms with Gasteiger partial charge in [-0.1, -0.05) is 30.3 Å². The van der Waals surface area contributed by atoms with Crippen LogP contribution in [0.3, 0.4) is 0 Å². The molecule has 0 atom stereocenters. The lowest BCUT2D eigenvalue weighted by molar-refractivity contribution is -0.116. The van der Waals surface area contributed by atoms with E-state index in [0.717, 1.165) is 45.9 Å². The maximum absolute atomic E-state index is 12.9. The maximum atomic E-state index is 12.9. The van der Waals surface area contributed by atoms with Crippen molar-refractivity contribution >= 4 is 27.5 Å². The first kappa shape index (κ1) is 22.5. The summed E-state index contributed by atoms with van der Waals surface area (Å²) in [5, 5.41) is 0. The minimum Gasteiger partial charge on any atom is -0.310 e. The molecule has 1 saturated heterocycles. The normalized spacial score (nSPS) is 14.8. The Morgan fingerprint density at radius 3 is 2.24 bits per heavy atom. The van der Waals surface area contributed by atoms with E-state index in [4.69, 9.17) is 0 Å². The summed E-state index contributed by atoms with van der Waals surface area (Å²) >= 11 is 0. The fourth-order valence-corrected chi connectivity index (χ4v) is 4.24. The zero-order chi connectivity index (χ0) is 23.8. The number of anilines is 1. The molecule has 1 aromatic heterocycles. The highest BCUT2D eigenvalue weighted by Crippen LogP contribution is 2.32. The van der Waals surface area contributed by atoms with Crippen LogP contribution in [0.25, 0.3) is 11.1 Å².